The molecule has 0 saturated carbocycles. The van der Waals surface area contributed by atoms with Gasteiger partial charge in [0.25, 0.3) is 0 Å². The van der Waals surface area contributed by atoms with Crippen LogP contribution in [0.25, 0.3) is 0 Å². The maximum atomic E-state index is 11.6. The van der Waals surface area contributed by atoms with Crippen molar-refractivity contribution in [2.75, 3.05) is 32.3 Å². The van der Waals surface area contributed by atoms with Gasteiger partial charge in [0.15, 0.2) is 5.92 Å². The minimum atomic E-state index is -0.803. The lowest BCUT2D eigenvalue weighted by molar-refractivity contribution is -0.160. The molecule has 0 spiro atoms. The standard InChI is InChI=1S/C10H19O4PS2/c1-5-13-9(11)8(10(12)14-6-2)7-16-17-15(3)4/h8H,5-7H2,1-4H3. The van der Waals surface area contributed by atoms with E-state index >= 15 is 0 Å². The largest absolute Gasteiger partial charge is 0.465 e. The Morgan fingerprint density at radius 1 is 1.12 bits per heavy atom. The number of ether oxygens (including phenoxy) is 2. The molecular weight excluding hydrogens is 279 g/mol. The van der Waals surface area contributed by atoms with Crippen molar-refractivity contribution in [3.63, 3.8) is 0 Å². The molecule has 0 saturated heterocycles. The normalized spacial score (nSPS) is 10.7. The van der Waals surface area contributed by atoms with Crippen LogP contribution >= 0.6 is 28.3 Å². The Morgan fingerprint density at radius 3 is 1.94 bits per heavy atom. The fraction of sp³-hybridized carbons (Fsp3) is 0.800. The summed E-state index contributed by atoms with van der Waals surface area (Å²) in [6.45, 7) is 8.24. The number of rotatable bonds is 8. The second-order valence-corrected chi connectivity index (χ2v) is 10.3. The second kappa shape index (κ2) is 10.0. The van der Waals surface area contributed by atoms with Crippen LogP contribution in [0.1, 0.15) is 13.8 Å². The summed E-state index contributed by atoms with van der Waals surface area (Å²) in [4.78, 5) is 23.2. The fourth-order valence-corrected chi connectivity index (χ4v) is 5.27. The van der Waals surface area contributed by atoms with Crippen molar-refractivity contribution < 1.29 is 19.1 Å². The minimum absolute atomic E-state index is 0.110. The molecule has 0 aromatic rings. The summed E-state index contributed by atoms with van der Waals surface area (Å²) >= 11 is 0. The molecule has 0 atom stereocenters. The van der Waals surface area contributed by atoms with Gasteiger partial charge >= 0.3 is 11.9 Å². The van der Waals surface area contributed by atoms with E-state index in [0.717, 1.165) is 0 Å². The lowest BCUT2D eigenvalue weighted by atomic mass is 10.2. The molecule has 0 heterocycles. The molecule has 0 N–H and O–H groups in total. The zero-order chi connectivity index (χ0) is 13.3. The lowest BCUT2D eigenvalue weighted by Gasteiger charge is -2.14. The van der Waals surface area contributed by atoms with Crippen LogP contribution in [0.2, 0.25) is 0 Å². The Bertz CT molecular complexity index is 230. The van der Waals surface area contributed by atoms with Crippen LogP contribution in [0.4, 0.5) is 0 Å². The van der Waals surface area contributed by atoms with Gasteiger partial charge in [-0.05, 0) is 34.3 Å². The van der Waals surface area contributed by atoms with Crippen molar-refractivity contribution in [3.05, 3.63) is 0 Å². The van der Waals surface area contributed by atoms with E-state index in [-0.39, 0.29) is 20.3 Å². The highest BCUT2D eigenvalue weighted by atomic mass is 33.3. The molecule has 17 heavy (non-hydrogen) atoms. The number of esters is 2. The van der Waals surface area contributed by atoms with Gasteiger partial charge in [-0.15, -0.1) is 0 Å². The van der Waals surface area contributed by atoms with E-state index in [9.17, 15) is 9.59 Å². The van der Waals surface area contributed by atoms with Crippen LogP contribution < -0.4 is 0 Å². The van der Waals surface area contributed by atoms with Crippen molar-refractivity contribution in [3.8, 4) is 0 Å². The molecule has 0 aliphatic heterocycles. The molecule has 0 aliphatic carbocycles. The van der Waals surface area contributed by atoms with Gasteiger partial charge in [-0.25, -0.2) is 0 Å². The van der Waals surface area contributed by atoms with Crippen molar-refractivity contribution >= 4 is 40.3 Å². The van der Waals surface area contributed by atoms with E-state index in [0.29, 0.717) is 5.75 Å². The van der Waals surface area contributed by atoms with Crippen molar-refractivity contribution in [2.24, 2.45) is 5.92 Å². The highest BCUT2D eigenvalue weighted by Gasteiger charge is 2.29. The first-order valence-electron chi connectivity index (χ1n) is 5.33. The highest BCUT2D eigenvalue weighted by molar-refractivity contribution is 8.98. The van der Waals surface area contributed by atoms with E-state index in [1.165, 1.54) is 10.8 Å². The van der Waals surface area contributed by atoms with Gasteiger partial charge < -0.3 is 9.47 Å². The first kappa shape index (κ1) is 17.1. The quantitative estimate of drug-likeness (QED) is 0.297. The predicted octanol–water partition coefficient (Wildman–Crippen LogP) is 2.77. The van der Waals surface area contributed by atoms with Crippen molar-refractivity contribution in [1.29, 1.82) is 0 Å². The molecule has 0 unspecified atom stereocenters. The number of hydrogen-bond acceptors (Lipinski definition) is 6. The van der Waals surface area contributed by atoms with Gasteiger partial charge in [0.05, 0.1) is 13.2 Å². The summed E-state index contributed by atoms with van der Waals surface area (Å²) < 4.78 is 9.74. The maximum Gasteiger partial charge on any atom is 0.321 e. The van der Waals surface area contributed by atoms with Crippen molar-refractivity contribution in [2.45, 2.75) is 13.8 Å². The van der Waals surface area contributed by atoms with Crippen LogP contribution in [-0.4, -0.2) is 44.2 Å². The average molecular weight is 298 g/mol. The van der Waals surface area contributed by atoms with Gasteiger partial charge in [-0.3, -0.25) is 9.59 Å². The fourth-order valence-electron chi connectivity index (χ4n) is 0.922. The third kappa shape index (κ3) is 7.90. The second-order valence-electron chi connectivity index (χ2n) is 3.23. The molecule has 0 aliphatic rings. The molecule has 0 bridgehead atoms. The Hall–Kier alpha value is 0.0700. The first-order valence-corrected chi connectivity index (χ1v) is 10.5. The van der Waals surface area contributed by atoms with Crippen LogP contribution in [-0.2, 0) is 19.1 Å². The molecule has 0 aromatic heterocycles. The molecule has 100 valence electrons. The zero-order valence-electron chi connectivity index (χ0n) is 10.6. The van der Waals surface area contributed by atoms with E-state index in [4.69, 9.17) is 9.47 Å². The van der Waals surface area contributed by atoms with Gasteiger partial charge in [0.2, 0.25) is 0 Å². The van der Waals surface area contributed by atoms with Crippen LogP contribution in [0.5, 0.6) is 0 Å². The molecule has 0 fully saturated rings. The van der Waals surface area contributed by atoms with Gasteiger partial charge in [0, 0.05) is 5.75 Å². The smallest absolute Gasteiger partial charge is 0.321 e. The Labute approximate surface area is 111 Å². The molecule has 0 rings (SSSR count). The summed E-state index contributed by atoms with van der Waals surface area (Å²) in [7, 11) is 3.11. The van der Waals surface area contributed by atoms with E-state index in [1.807, 2.05) is 0 Å². The third-order valence-electron chi connectivity index (χ3n) is 1.58. The zero-order valence-corrected chi connectivity index (χ0v) is 13.1. The van der Waals surface area contributed by atoms with E-state index in [1.54, 1.807) is 24.3 Å². The van der Waals surface area contributed by atoms with Gasteiger partial charge in [0.1, 0.15) is 0 Å². The first-order chi connectivity index (χ1) is 8.02. The number of hydrogen-bond donors (Lipinski definition) is 0. The number of carbonyl (C=O) groups is 2. The SMILES string of the molecule is CCOC(=O)C(CSSP(C)C)C(=O)OCC. The topological polar surface area (TPSA) is 52.6 Å². The summed E-state index contributed by atoms with van der Waals surface area (Å²) in [5, 5.41) is 0. The maximum absolute atomic E-state index is 11.6. The molecule has 0 amide bonds. The van der Waals surface area contributed by atoms with Crippen LogP contribution in [0, 0.1) is 5.92 Å². The van der Waals surface area contributed by atoms with E-state index in [2.05, 4.69) is 13.3 Å². The molecule has 7 heteroatoms. The summed E-state index contributed by atoms with van der Waals surface area (Å²) in [5.41, 5.74) is 0. The monoisotopic (exact) mass is 298 g/mol. The van der Waals surface area contributed by atoms with Crippen LogP contribution in [0.3, 0.4) is 0 Å². The Morgan fingerprint density at radius 2 is 1.59 bits per heavy atom. The molecule has 4 nitrogen and oxygen atoms in total. The predicted molar refractivity (Wildman–Crippen MR) is 75.6 cm³/mol. The molecule has 0 aromatic carbocycles. The lowest BCUT2D eigenvalue weighted by Crippen LogP contribution is -2.29. The average Bonchev–Trinajstić information content (AvgIpc) is 2.24. The van der Waals surface area contributed by atoms with Gasteiger partial charge in [-0.1, -0.05) is 21.2 Å². The molecule has 0 radical (unpaired) electrons. The number of carbonyl (C=O) groups excluding carboxylic acids is 2. The summed E-state index contributed by atoms with van der Waals surface area (Å²) in [5.74, 6) is -1.38. The van der Waals surface area contributed by atoms with E-state index < -0.39 is 17.9 Å². The summed E-state index contributed by atoms with van der Waals surface area (Å²) in [6.07, 6.45) is 0. The third-order valence-corrected chi connectivity index (χ3v) is 7.70. The van der Waals surface area contributed by atoms with Crippen molar-refractivity contribution in [1.82, 2.24) is 0 Å². The Kier molecular flexibility index (Phi) is 10.1. The molecular formula is C10H19O4PS2. The van der Waals surface area contributed by atoms with Crippen LogP contribution in [0.15, 0.2) is 0 Å². The van der Waals surface area contributed by atoms with Gasteiger partial charge in [-0.2, -0.15) is 0 Å². The minimum Gasteiger partial charge on any atom is -0.465 e. The highest BCUT2D eigenvalue weighted by Crippen LogP contribution is 2.50. The summed E-state index contributed by atoms with van der Waals surface area (Å²) in [6, 6.07) is 0. The Balaban J connectivity index is 4.29.